The third-order valence-electron chi connectivity index (χ3n) is 4.28. The first-order valence-corrected chi connectivity index (χ1v) is 9.46. The molecule has 0 unspecified atom stereocenters. The summed E-state index contributed by atoms with van der Waals surface area (Å²) in [5.41, 5.74) is 0.589. The van der Waals surface area contributed by atoms with E-state index in [9.17, 15) is 14.7 Å². The smallest absolute Gasteiger partial charge is 0.413 e. The zero-order valence-corrected chi connectivity index (χ0v) is 15.5. The number of nitrogens with zero attached hydrogens (tertiary/aromatic N) is 2. The summed E-state index contributed by atoms with van der Waals surface area (Å²) in [7, 11) is 0. The Kier molecular flexibility index (Phi) is 6.60. The molecule has 0 bridgehead atoms. The van der Waals surface area contributed by atoms with E-state index in [1.54, 1.807) is 6.92 Å². The predicted molar refractivity (Wildman–Crippen MR) is 96.0 cm³/mol. The Morgan fingerprint density at radius 2 is 2.00 bits per heavy atom. The molecule has 1 aliphatic rings. The van der Waals surface area contributed by atoms with Gasteiger partial charge in [0.1, 0.15) is 4.88 Å². The number of carboxylic acid groups (broad SMARTS) is 1. The number of aryl methyl sites for hydroxylation is 1. The van der Waals surface area contributed by atoms with Crippen molar-refractivity contribution in [3.8, 4) is 0 Å². The van der Waals surface area contributed by atoms with Crippen molar-refractivity contribution in [1.29, 1.82) is 0 Å². The quantitative estimate of drug-likeness (QED) is 0.812. The van der Waals surface area contributed by atoms with E-state index in [2.05, 4.69) is 10.3 Å². The average molecular weight is 353 g/mol. The molecule has 24 heavy (non-hydrogen) atoms. The highest BCUT2D eigenvalue weighted by Crippen LogP contribution is 2.27. The van der Waals surface area contributed by atoms with Gasteiger partial charge < -0.3 is 10.4 Å². The molecule has 0 aromatic carbocycles. The second-order valence-electron chi connectivity index (χ2n) is 6.91. The number of nitrogens with one attached hydrogen (secondary N) is 1. The largest absolute Gasteiger partial charge is 0.465 e. The van der Waals surface area contributed by atoms with E-state index >= 15 is 0 Å². The molecule has 1 saturated carbocycles. The molecule has 1 heterocycles. The molecule has 2 N–H and O–H groups in total. The monoisotopic (exact) mass is 353 g/mol. The van der Waals surface area contributed by atoms with Crippen LogP contribution in [0.4, 0.5) is 9.93 Å². The molecule has 1 aromatic rings. The molecule has 7 heteroatoms. The third-order valence-corrected chi connectivity index (χ3v) is 5.46. The minimum absolute atomic E-state index is 0.142. The van der Waals surface area contributed by atoms with Crippen LogP contribution in [-0.4, -0.2) is 35.2 Å². The standard InChI is InChI=1S/C17H27N3O3S/c1-11(2)10-20(17(22)23)16-19-12(3)14(24-16)15(21)18-9-13-7-5-4-6-8-13/h11,13H,4-10H2,1-3H3,(H,18,21)(H,22,23). The summed E-state index contributed by atoms with van der Waals surface area (Å²) >= 11 is 1.15. The molecule has 134 valence electrons. The van der Waals surface area contributed by atoms with Crippen LogP contribution in [0.25, 0.3) is 0 Å². The maximum atomic E-state index is 12.4. The van der Waals surface area contributed by atoms with E-state index in [-0.39, 0.29) is 11.8 Å². The minimum Gasteiger partial charge on any atom is -0.465 e. The molecule has 0 saturated heterocycles. The molecule has 6 nitrogen and oxygen atoms in total. The highest BCUT2D eigenvalue weighted by Gasteiger charge is 2.24. The topological polar surface area (TPSA) is 82.5 Å². The zero-order chi connectivity index (χ0) is 17.7. The van der Waals surface area contributed by atoms with Crippen LogP contribution in [0, 0.1) is 18.8 Å². The number of anilines is 1. The molecule has 2 rings (SSSR count). The molecule has 0 atom stereocenters. The van der Waals surface area contributed by atoms with Crippen molar-refractivity contribution in [2.75, 3.05) is 18.0 Å². The van der Waals surface area contributed by atoms with Crippen LogP contribution in [0.5, 0.6) is 0 Å². The lowest BCUT2D eigenvalue weighted by molar-refractivity contribution is 0.0947. The summed E-state index contributed by atoms with van der Waals surface area (Å²) < 4.78 is 0. The second-order valence-corrected chi connectivity index (χ2v) is 7.89. The van der Waals surface area contributed by atoms with Gasteiger partial charge in [-0.3, -0.25) is 9.69 Å². The molecule has 0 aliphatic heterocycles. The van der Waals surface area contributed by atoms with Crippen LogP contribution in [-0.2, 0) is 0 Å². The molecule has 1 aliphatic carbocycles. The Morgan fingerprint density at radius 1 is 1.33 bits per heavy atom. The second kappa shape index (κ2) is 8.46. The lowest BCUT2D eigenvalue weighted by Crippen LogP contribution is -2.32. The fourth-order valence-corrected chi connectivity index (χ4v) is 4.01. The SMILES string of the molecule is Cc1nc(N(CC(C)C)C(=O)O)sc1C(=O)NCC1CCCCC1. The van der Waals surface area contributed by atoms with Crippen LogP contribution in [0.15, 0.2) is 0 Å². The van der Waals surface area contributed by atoms with Gasteiger partial charge >= 0.3 is 6.09 Å². The molecular formula is C17H27N3O3S. The predicted octanol–water partition coefficient (Wildman–Crippen LogP) is 3.90. The van der Waals surface area contributed by atoms with Crippen molar-refractivity contribution in [1.82, 2.24) is 10.3 Å². The highest BCUT2D eigenvalue weighted by atomic mass is 32.1. The first-order chi connectivity index (χ1) is 11.4. The van der Waals surface area contributed by atoms with Gasteiger partial charge in [-0.2, -0.15) is 0 Å². The minimum atomic E-state index is -1.04. The summed E-state index contributed by atoms with van der Waals surface area (Å²) in [6.07, 6.45) is 5.09. The van der Waals surface area contributed by atoms with Crippen molar-refractivity contribution < 1.29 is 14.7 Å². The number of thiazole rings is 1. The average Bonchev–Trinajstić information content (AvgIpc) is 2.92. The van der Waals surface area contributed by atoms with Crippen LogP contribution in [0.2, 0.25) is 0 Å². The zero-order valence-electron chi connectivity index (χ0n) is 14.7. The Labute approximate surface area is 147 Å². The number of aromatic nitrogens is 1. The molecule has 1 fully saturated rings. The van der Waals surface area contributed by atoms with Gasteiger partial charge in [0.25, 0.3) is 5.91 Å². The van der Waals surface area contributed by atoms with Gasteiger partial charge in [-0.15, -0.1) is 0 Å². The van der Waals surface area contributed by atoms with Gasteiger partial charge in [-0.05, 0) is 31.6 Å². The maximum Gasteiger partial charge on any atom is 0.413 e. The van der Waals surface area contributed by atoms with Crippen LogP contribution < -0.4 is 10.2 Å². The van der Waals surface area contributed by atoms with E-state index in [1.807, 2.05) is 13.8 Å². The van der Waals surface area contributed by atoms with Gasteiger partial charge in [0, 0.05) is 13.1 Å². The van der Waals surface area contributed by atoms with E-state index in [4.69, 9.17) is 0 Å². The Balaban J connectivity index is 2.03. The summed E-state index contributed by atoms with van der Waals surface area (Å²) in [4.78, 5) is 29.9. The Bertz CT molecular complexity index is 580. The van der Waals surface area contributed by atoms with E-state index in [0.717, 1.165) is 11.3 Å². The lowest BCUT2D eigenvalue weighted by Gasteiger charge is -2.21. The molecule has 0 radical (unpaired) electrons. The Hall–Kier alpha value is -1.63. The van der Waals surface area contributed by atoms with E-state index in [0.29, 0.717) is 34.7 Å². The number of rotatable bonds is 6. The first kappa shape index (κ1) is 18.7. The van der Waals surface area contributed by atoms with Crippen molar-refractivity contribution in [2.24, 2.45) is 11.8 Å². The summed E-state index contributed by atoms with van der Waals surface area (Å²) in [6.45, 7) is 6.72. The van der Waals surface area contributed by atoms with Crippen molar-refractivity contribution in [3.05, 3.63) is 10.6 Å². The molecule has 1 aromatic heterocycles. The van der Waals surface area contributed by atoms with E-state index in [1.165, 1.54) is 37.0 Å². The van der Waals surface area contributed by atoms with Crippen molar-refractivity contribution in [3.63, 3.8) is 0 Å². The normalized spacial score (nSPS) is 15.5. The number of hydrogen-bond acceptors (Lipinski definition) is 4. The van der Waals surface area contributed by atoms with Crippen molar-refractivity contribution in [2.45, 2.75) is 52.9 Å². The summed E-state index contributed by atoms with van der Waals surface area (Å²) in [5.74, 6) is 0.609. The first-order valence-electron chi connectivity index (χ1n) is 8.64. The fourth-order valence-electron chi connectivity index (χ4n) is 3.02. The third kappa shape index (κ3) is 4.93. The van der Waals surface area contributed by atoms with Gasteiger partial charge in [0.2, 0.25) is 0 Å². The van der Waals surface area contributed by atoms with Crippen molar-refractivity contribution >= 4 is 28.5 Å². The highest BCUT2D eigenvalue weighted by molar-refractivity contribution is 7.17. The molecular weight excluding hydrogens is 326 g/mol. The number of carbonyl (C=O) groups is 2. The number of amides is 2. The van der Waals surface area contributed by atoms with Crippen LogP contribution in [0.1, 0.15) is 61.3 Å². The number of carbonyl (C=O) groups excluding carboxylic acids is 1. The van der Waals surface area contributed by atoms with E-state index < -0.39 is 6.09 Å². The maximum absolute atomic E-state index is 12.4. The van der Waals surface area contributed by atoms with Gasteiger partial charge in [0.05, 0.1) is 5.69 Å². The van der Waals surface area contributed by atoms with Crippen LogP contribution >= 0.6 is 11.3 Å². The molecule has 2 amide bonds. The van der Waals surface area contributed by atoms with Gasteiger partial charge in [-0.25, -0.2) is 9.78 Å². The van der Waals surface area contributed by atoms with Crippen LogP contribution in [0.3, 0.4) is 0 Å². The molecule has 0 spiro atoms. The summed E-state index contributed by atoms with van der Waals surface area (Å²) in [6, 6.07) is 0. The lowest BCUT2D eigenvalue weighted by atomic mass is 9.89. The fraction of sp³-hybridized carbons (Fsp3) is 0.706. The Morgan fingerprint density at radius 3 is 2.58 bits per heavy atom. The number of hydrogen-bond donors (Lipinski definition) is 2. The van der Waals surface area contributed by atoms with Gasteiger partial charge in [-0.1, -0.05) is 44.4 Å². The van der Waals surface area contributed by atoms with Gasteiger partial charge in [0.15, 0.2) is 5.13 Å². The summed E-state index contributed by atoms with van der Waals surface area (Å²) in [5, 5.41) is 12.7.